The molecule has 2 rings (SSSR count). The number of anilines is 1. The van der Waals surface area contributed by atoms with E-state index in [1.54, 1.807) is 0 Å². The lowest BCUT2D eigenvalue weighted by atomic mass is 9.80. The summed E-state index contributed by atoms with van der Waals surface area (Å²) >= 11 is 0. The fraction of sp³-hybridized carbons (Fsp3) is 0.611. The van der Waals surface area contributed by atoms with Gasteiger partial charge in [-0.2, -0.15) is 0 Å². The predicted molar refractivity (Wildman–Crippen MR) is 88.4 cm³/mol. The minimum atomic E-state index is -0.307. The lowest BCUT2D eigenvalue weighted by molar-refractivity contribution is -0.117. The molecule has 1 fully saturated rings. The summed E-state index contributed by atoms with van der Waals surface area (Å²) in [7, 11) is 0. The van der Waals surface area contributed by atoms with E-state index in [0.717, 1.165) is 36.9 Å². The van der Waals surface area contributed by atoms with Crippen molar-refractivity contribution in [3.8, 4) is 0 Å². The molecule has 21 heavy (non-hydrogen) atoms. The summed E-state index contributed by atoms with van der Waals surface area (Å²) in [5, 5.41) is 3.07. The Morgan fingerprint density at radius 2 is 1.81 bits per heavy atom. The van der Waals surface area contributed by atoms with E-state index in [9.17, 15) is 4.79 Å². The fourth-order valence-electron chi connectivity index (χ4n) is 3.19. The Labute approximate surface area is 128 Å². The highest BCUT2D eigenvalue weighted by atomic mass is 16.1. The second-order valence-corrected chi connectivity index (χ2v) is 7.44. The zero-order chi connectivity index (χ0) is 15.5. The highest BCUT2D eigenvalue weighted by molar-refractivity contribution is 5.92. The zero-order valence-electron chi connectivity index (χ0n) is 13.5. The van der Waals surface area contributed by atoms with Gasteiger partial charge in [-0.1, -0.05) is 58.2 Å². The minimum Gasteiger partial charge on any atom is -0.326 e. The monoisotopic (exact) mass is 288 g/mol. The molecule has 3 nitrogen and oxygen atoms in total. The molecule has 116 valence electrons. The Kier molecular flexibility index (Phi) is 4.72. The molecule has 0 spiro atoms. The molecule has 1 amide bonds. The summed E-state index contributed by atoms with van der Waals surface area (Å²) < 4.78 is 0. The molecule has 0 aromatic heterocycles. The van der Waals surface area contributed by atoms with Crippen LogP contribution < -0.4 is 11.1 Å². The number of carbonyl (C=O) groups is 1. The van der Waals surface area contributed by atoms with Crippen molar-refractivity contribution >= 4 is 11.6 Å². The number of benzene rings is 1. The molecule has 0 unspecified atom stereocenters. The van der Waals surface area contributed by atoms with Gasteiger partial charge in [0.05, 0.1) is 0 Å². The number of hydrogen-bond donors (Lipinski definition) is 2. The molecule has 0 aliphatic heterocycles. The van der Waals surface area contributed by atoms with Crippen LogP contribution in [0.15, 0.2) is 24.3 Å². The number of carbonyl (C=O) groups excluding carboxylic acids is 1. The van der Waals surface area contributed by atoms with Crippen LogP contribution in [0.25, 0.3) is 0 Å². The van der Waals surface area contributed by atoms with Gasteiger partial charge in [0.25, 0.3) is 0 Å². The molecule has 0 atom stereocenters. The summed E-state index contributed by atoms with van der Waals surface area (Å²) in [5.74, 6) is 0.0381. The molecule has 1 aromatic rings. The highest BCUT2D eigenvalue weighted by Gasteiger charge is 2.30. The smallest absolute Gasteiger partial charge is 0.226 e. The number of rotatable bonds is 3. The summed E-state index contributed by atoms with van der Waals surface area (Å²) in [5.41, 5.74) is 8.15. The molecule has 1 saturated carbocycles. The van der Waals surface area contributed by atoms with Crippen molar-refractivity contribution in [2.45, 2.75) is 70.3 Å². The van der Waals surface area contributed by atoms with E-state index in [2.05, 4.69) is 32.2 Å². The van der Waals surface area contributed by atoms with E-state index < -0.39 is 0 Å². The third-order valence-electron chi connectivity index (χ3n) is 4.37. The Hall–Kier alpha value is -1.35. The van der Waals surface area contributed by atoms with Gasteiger partial charge in [-0.25, -0.2) is 0 Å². The molecular weight excluding hydrogens is 260 g/mol. The van der Waals surface area contributed by atoms with Gasteiger partial charge in [0.15, 0.2) is 0 Å². The first kappa shape index (κ1) is 16.0. The standard InChI is InChI=1S/C18H28N2O/c1-17(2,3)14-9-5-6-10-15(14)20-16(21)13-18(19)11-7-4-8-12-18/h5-6,9-10H,4,7-8,11-13,19H2,1-3H3,(H,20,21). The number of para-hydroxylation sites is 1. The van der Waals surface area contributed by atoms with Gasteiger partial charge in [0.1, 0.15) is 0 Å². The molecule has 3 heteroatoms. The maximum absolute atomic E-state index is 12.4. The first-order valence-electron chi connectivity index (χ1n) is 7.98. The number of nitrogens with one attached hydrogen (secondary N) is 1. The third-order valence-corrected chi connectivity index (χ3v) is 4.37. The first-order chi connectivity index (χ1) is 9.80. The van der Waals surface area contributed by atoms with Gasteiger partial charge >= 0.3 is 0 Å². The normalized spacial score (nSPS) is 18.3. The second-order valence-electron chi connectivity index (χ2n) is 7.44. The SMILES string of the molecule is CC(C)(C)c1ccccc1NC(=O)CC1(N)CCCCC1. The summed E-state index contributed by atoms with van der Waals surface area (Å²) in [6.07, 6.45) is 5.87. The molecule has 3 N–H and O–H groups in total. The van der Waals surface area contributed by atoms with Crippen molar-refractivity contribution in [2.24, 2.45) is 5.73 Å². The van der Waals surface area contributed by atoms with E-state index in [1.807, 2.05) is 18.2 Å². The lowest BCUT2D eigenvalue weighted by Crippen LogP contribution is -2.44. The third kappa shape index (κ3) is 4.31. The molecule has 0 bridgehead atoms. The minimum absolute atomic E-state index is 0.00904. The second kappa shape index (κ2) is 6.18. The van der Waals surface area contributed by atoms with Crippen molar-refractivity contribution < 1.29 is 4.79 Å². The van der Waals surface area contributed by atoms with E-state index in [1.165, 1.54) is 6.42 Å². The van der Waals surface area contributed by atoms with E-state index >= 15 is 0 Å². The Bertz CT molecular complexity index is 496. The average Bonchev–Trinajstić information content (AvgIpc) is 2.38. The van der Waals surface area contributed by atoms with Gasteiger partial charge in [-0.3, -0.25) is 4.79 Å². The van der Waals surface area contributed by atoms with Crippen molar-refractivity contribution in [3.05, 3.63) is 29.8 Å². The molecule has 0 saturated heterocycles. The molecule has 0 heterocycles. The van der Waals surface area contributed by atoms with Crippen molar-refractivity contribution in [3.63, 3.8) is 0 Å². The molecule has 0 radical (unpaired) electrons. The lowest BCUT2D eigenvalue weighted by Gasteiger charge is -2.33. The first-order valence-corrected chi connectivity index (χ1v) is 7.98. The Morgan fingerprint density at radius 3 is 2.43 bits per heavy atom. The van der Waals surface area contributed by atoms with Gasteiger partial charge in [0, 0.05) is 17.6 Å². The van der Waals surface area contributed by atoms with Gasteiger partial charge in [-0.15, -0.1) is 0 Å². The largest absolute Gasteiger partial charge is 0.326 e. The maximum Gasteiger partial charge on any atom is 0.226 e. The summed E-state index contributed by atoms with van der Waals surface area (Å²) in [6, 6.07) is 8.03. The van der Waals surface area contributed by atoms with Crippen LogP contribution in [0.1, 0.15) is 64.9 Å². The fourth-order valence-corrected chi connectivity index (χ4v) is 3.19. The van der Waals surface area contributed by atoms with E-state index in [4.69, 9.17) is 5.73 Å². The molecule has 1 aliphatic rings. The van der Waals surface area contributed by atoms with Crippen LogP contribution >= 0.6 is 0 Å². The quantitative estimate of drug-likeness (QED) is 0.884. The zero-order valence-corrected chi connectivity index (χ0v) is 13.5. The Morgan fingerprint density at radius 1 is 1.19 bits per heavy atom. The van der Waals surface area contributed by atoms with Crippen LogP contribution in [-0.2, 0) is 10.2 Å². The number of amides is 1. The van der Waals surface area contributed by atoms with Crippen LogP contribution in [0.5, 0.6) is 0 Å². The summed E-state index contributed by atoms with van der Waals surface area (Å²) in [4.78, 5) is 12.4. The van der Waals surface area contributed by atoms with Crippen LogP contribution in [0.2, 0.25) is 0 Å². The van der Waals surface area contributed by atoms with Gasteiger partial charge in [0.2, 0.25) is 5.91 Å². The van der Waals surface area contributed by atoms with Gasteiger partial charge in [-0.05, 0) is 29.9 Å². The highest BCUT2D eigenvalue weighted by Crippen LogP contribution is 2.31. The number of nitrogens with two attached hydrogens (primary N) is 1. The Balaban J connectivity index is 2.06. The van der Waals surface area contributed by atoms with Crippen LogP contribution in [0.3, 0.4) is 0 Å². The average molecular weight is 288 g/mol. The van der Waals surface area contributed by atoms with Crippen molar-refractivity contribution in [2.75, 3.05) is 5.32 Å². The van der Waals surface area contributed by atoms with Crippen molar-refractivity contribution in [1.82, 2.24) is 0 Å². The predicted octanol–water partition coefficient (Wildman–Crippen LogP) is 3.97. The van der Waals surface area contributed by atoms with E-state index in [0.29, 0.717) is 6.42 Å². The van der Waals surface area contributed by atoms with Crippen LogP contribution in [0, 0.1) is 0 Å². The topological polar surface area (TPSA) is 55.1 Å². The molecule has 1 aromatic carbocycles. The molecular formula is C18H28N2O. The van der Waals surface area contributed by atoms with E-state index in [-0.39, 0.29) is 16.9 Å². The maximum atomic E-state index is 12.4. The number of hydrogen-bond acceptors (Lipinski definition) is 2. The summed E-state index contributed by atoms with van der Waals surface area (Å²) in [6.45, 7) is 6.47. The van der Waals surface area contributed by atoms with Crippen LogP contribution in [-0.4, -0.2) is 11.4 Å². The van der Waals surface area contributed by atoms with Gasteiger partial charge < -0.3 is 11.1 Å². The van der Waals surface area contributed by atoms with Crippen molar-refractivity contribution in [1.29, 1.82) is 0 Å². The van der Waals surface area contributed by atoms with Crippen LogP contribution in [0.4, 0.5) is 5.69 Å². The molecule has 1 aliphatic carbocycles.